The van der Waals surface area contributed by atoms with Gasteiger partial charge in [-0.1, -0.05) is 19.0 Å². The second kappa shape index (κ2) is 5.92. The SMILES string of the molecule is Cc1cc(C)c(/C(N)=N/O)c(OC2CCC(C)(C)CC2)n1. The molecule has 21 heavy (non-hydrogen) atoms. The van der Waals surface area contributed by atoms with Crippen molar-refractivity contribution in [2.75, 3.05) is 0 Å². The van der Waals surface area contributed by atoms with Crippen LogP contribution in [-0.2, 0) is 0 Å². The van der Waals surface area contributed by atoms with Crippen molar-refractivity contribution in [3.8, 4) is 5.88 Å². The summed E-state index contributed by atoms with van der Waals surface area (Å²) in [5, 5.41) is 12.1. The summed E-state index contributed by atoms with van der Waals surface area (Å²) < 4.78 is 6.08. The van der Waals surface area contributed by atoms with E-state index in [0.717, 1.165) is 36.9 Å². The molecule has 1 aromatic heterocycles. The Labute approximate surface area is 126 Å². The van der Waals surface area contributed by atoms with Gasteiger partial charge in [0.25, 0.3) is 0 Å². The van der Waals surface area contributed by atoms with E-state index in [-0.39, 0.29) is 11.9 Å². The van der Waals surface area contributed by atoms with Gasteiger partial charge in [-0.05, 0) is 56.6 Å². The first-order valence-electron chi connectivity index (χ1n) is 7.45. The summed E-state index contributed by atoms with van der Waals surface area (Å²) in [5.74, 6) is 0.527. The molecule has 0 saturated heterocycles. The molecular weight excluding hydrogens is 266 g/mol. The monoisotopic (exact) mass is 291 g/mol. The number of aryl methyl sites for hydroxylation is 2. The van der Waals surface area contributed by atoms with Gasteiger partial charge in [-0.2, -0.15) is 0 Å². The Hall–Kier alpha value is -1.78. The summed E-state index contributed by atoms with van der Waals surface area (Å²) in [6, 6.07) is 1.91. The lowest BCUT2D eigenvalue weighted by Gasteiger charge is -2.34. The molecule has 1 aromatic rings. The third kappa shape index (κ3) is 3.65. The van der Waals surface area contributed by atoms with Crippen LogP contribution in [0.1, 0.15) is 56.4 Å². The van der Waals surface area contributed by atoms with Gasteiger partial charge in [0, 0.05) is 5.69 Å². The molecule has 116 valence electrons. The number of hydrogen-bond donors (Lipinski definition) is 2. The van der Waals surface area contributed by atoms with E-state index in [0.29, 0.717) is 16.9 Å². The van der Waals surface area contributed by atoms with Gasteiger partial charge in [-0.25, -0.2) is 4.98 Å². The first kappa shape index (κ1) is 15.6. The molecule has 1 saturated carbocycles. The van der Waals surface area contributed by atoms with Crippen LogP contribution in [0.5, 0.6) is 5.88 Å². The fourth-order valence-electron chi connectivity index (χ4n) is 2.90. The second-order valence-corrected chi connectivity index (χ2v) is 6.73. The summed E-state index contributed by atoms with van der Waals surface area (Å²) in [4.78, 5) is 4.44. The first-order chi connectivity index (χ1) is 9.82. The average molecular weight is 291 g/mol. The highest BCUT2D eigenvalue weighted by Crippen LogP contribution is 2.37. The lowest BCUT2D eigenvalue weighted by molar-refractivity contribution is 0.0945. The van der Waals surface area contributed by atoms with E-state index in [9.17, 15) is 0 Å². The molecule has 2 rings (SSSR count). The van der Waals surface area contributed by atoms with Crippen molar-refractivity contribution in [2.45, 2.75) is 59.5 Å². The minimum absolute atomic E-state index is 0.0474. The van der Waals surface area contributed by atoms with E-state index in [1.807, 2.05) is 19.9 Å². The van der Waals surface area contributed by atoms with E-state index < -0.39 is 0 Å². The lowest BCUT2D eigenvalue weighted by Crippen LogP contribution is -2.29. The van der Waals surface area contributed by atoms with Crippen LogP contribution in [-0.4, -0.2) is 22.1 Å². The normalized spacial score (nSPS) is 19.5. The number of hydrogen-bond acceptors (Lipinski definition) is 4. The Morgan fingerprint density at radius 1 is 1.38 bits per heavy atom. The topological polar surface area (TPSA) is 80.7 Å². The van der Waals surface area contributed by atoms with Crippen molar-refractivity contribution in [1.29, 1.82) is 0 Å². The van der Waals surface area contributed by atoms with Crippen molar-refractivity contribution in [2.24, 2.45) is 16.3 Å². The van der Waals surface area contributed by atoms with Gasteiger partial charge in [-0.3, -0.25) is 0 Å². The zero-order valence-electron chi connectivity index (χ0n) is 13.3. The third-order valence-corrected chi connectivity index (χ3v) is 4.24. The molecule has 0 bridgehead atoms. The van der Waals surface area contributed by atoms with Crippen molar-refractivity contribution in [1.82, 2.24) is 4.98 Å². The smallest absolute Gasteiger partial charge is 0.225 e. The predicted molar refractivity (Wildman–Crippen MR) is 82.9 cm³/mol. The van der Waals surface area contributed by atoms with E-state index in [1.165, 1.54) is 0 Å². The number of pyridine rings is 1. The molecule has 5 heteroatoms. The maximum Gasteiger partial charge on any atom is 0.225 e. The number of amidine groups is 1. The molecule has 0 amide bonds. The Bertz CT molecular complexity index is 543. The van der Waals surface area contributed by atoms with Crippen LogP contribution in [0.4, 0.5) is 0 Å². The van der Waals surface area contributed by atoms with Crippen molar-refractivity contribution in [3.63, 3.8) is 0 Å². The van der Waals surface area contributed by atoms with Gasteiger partial charge in [0.2, 0.25) is 5.88 Å². The molecule has 1 aliphatic rings. The Balaban J connectivity index is 2.24. The maximum atomic E-state index is 8.96. The number of ether oxygens (including phenoxy) is 1. The summed E-state index contributed by atoms with van der Waals surface area (Å²) in [6.07, 6.45) is 4.45. The molecule has 0 radical (unpaired) electrons. The van der Waals surface area contributed by atoms with E-state index >= 15 is 0 Å². The van der Waals surface area contributed by atoms with Crippen molar-refractivity contribution >= 4 is 5.84 Å². The van der Waals surface area contributed by atoms with Gasteiger partial charge in [0.1, 0.15) is 6.10 Å². The largest absolute Gasteiger partial charge is 0.474 e. The van der Waals surface area contributed by atoms with Crippen molar-refractivity contribution in [3.05, 3.63) is 22.9 Å². The molecule has 0 unspecified atom stereocenters. The highest BCUT2D eigenvalue weighted by atomic mass is 16.5. The Morgan fingerprint density at radius 3 is 2.57 bits per heavy atom. The van der Waals surface area contributed by atoms with Gasteiger partial charge in [0.05, 0.1) is 5.56 Å². The summed E-state index contributed by atoms with van der Waals surface area (Å²) >= 11 is 0. The fourth-order valence-corrected chi connectivity index (χ4v) is 2.90. The van der Waals surface area contributed by atoms with Crippen molar-refractivity contribution < 1.29 is 9.94 Å². The predicted octanol–water partition coefficient (Wildman–Crippen LogP) is 3.14. The molecule has 0 aliphatic heterocycles. The van der Waals surface area contributed by atoms with Crippen LogP contribution in [0.2, 0.25) is 0 Å². The molecular formula is C16H25N3O2. The van der Waals surface area contributed by atoms with Crippen LogP contribution in [0.15, 0.2) is 11.2 Å². The van der Waals surface area contributed by atoms with Crippen LogP contribution >= 0.6 is 0 Å². The molecule has 0 spiro atoms. The van der Waals surface area contributed by atoms with Crippen LogP contribution in [0, 0.1) is 19.3 Å². The molecule has 3 N–H and O–H groups in total. The van der Waals surface area contributed by atoms with Crippen LogP contribution in [0.3, 0.4) is 0 Å². The first-order valence-corrected chi connectivity index (χ1v) is 7.45. The van der Waals surface area contributed by atoms with E-state index in [1.54, 1.807) is 0 Å². The number of nitrogens with two attached hydrogens (primary N) is 1. The minimum atomic E-state index is 0.0474. The highest BCUT2D eigenvalue weighted by Gasteiger charge is 2.29. The number of oxime groups is 1. The molecule has 5 nitrogen and oxygen atoms in total. The Morgan fingerprint density at radius 2 is 2.00 bits per heavy atom. The van der Waals surface area contributed by atoms with Crippen LogP contribution < -0.4 is 10.5 Å². The summed E-state index contributed by atoms with van der Waals surface area (Å²) in [7, 11) is 0. The second-order valence-electron chi connectivity index (χ2n) is 6.73. The highest BCUT2D eigenvalue weighted by molar-refractivity contribution is 6.00. The quantitative estimate of drug-likeness (QED) is 0.388. The standard InChI is InChI=1S/C16H25N3O2/c1-10-9-11(2)18-15(13(10)14(17)19-20)21-12-5-7-16(3,4)8-6-12/h9,12,20H,5-8H2,1-4H3,(H2,17,19). The third-order valence-electron chi connectivity index (χ3n) is 4.24. The number of aromatic nitrogens is 1. The average Bonchev–Trinajstić information content (AvgIpc) is 2.40. The lowest BCUT2D eigenvalue weighted by atomic mass is 9.76. The summed E-state index contributed by atoms with van der Waals surface area (Å²) in [5.41, 5.74) is 8.53. The molecule has 1 fully saturated rings. The van der Waals surface area contributed by atoms with E-state index in [2.05, 4.69) is 24.0 Å². The number of rotatable bonds is 3. The molecule has 0 aromatic carbocycles. The number of nitrogens with zero attached hydrogens (tertiary/aromatic N) is 2. The van der Waals surface area contributed by atoms with E-state index in [4.69, 9.17) is 15.7 Å². The minimum Gasteiger partial charge on any atom is -0.474 e. The van der Waals surface area contributed by atoms with Gasteiger partial charge in [-0.15, -0.1) is 0 Å². The van der Waals surface area contributed by atoms with Gasteiger partial charge >= 0.3 is 0 Å². The maximum absolute atomic E-state index is 8.96. The zero-order chi connectivity index (χ0) is 15.6. The molecule has 1 heterocycles. The molecule has 0 atom stereocenters. The zero-order valence-corrected chi connectivity index (χ0v) is 13.3. The molecule has 1 aliphatic carbocycles. The fraction of sp³-hybridized carbons (Fsp3) is 0.625. The van der Waals surface area contributed by atoms with Gasteiger partial charge < -0.3 is 15.7 Å². The van der Waals surface area contributed by atoms with Gasteiger partial charge in [0.15, 0.2) is 5.84 Å². The van der Waals surface area contributed by atoms with Crippen LogP contribution in [0.25, 0.3) is 0 Å². The summed E-state index contributed by atoms with van der Waals surface area (Å²) in [6.45, 7) is 8.42. The Kier molecular flexibility index (Phi) is 4.40.